The second-order valence-electron chi connectivity index (χ2n) is 7.23. The molecule has 0 saturated carbocycles. The third-order valence-corrected chi connectivity index (χ3v) is 7.40. The summed E-state index contributed by atoms with van der Waals surface area (Å²) < 4.78 is 34.2. The van der Waals surface area contributed by atoms with Crippen molar-refractivity contribution < 1.29 is 17.9 Å². The first kappa shape index (κ1) is 24.9. The van der Waals surface area contributed by atoms with Crippen molar-refractivity contribution in [2.45, 2.75) is 16.3 Å². The van der Waals surface area contributed by atoms with Crippen LogP contribution in [0, 0.1) is 0 Å². The first-order chi connectivity index (χ1) is 16.8. The summed E-state index contributed by atoms with van der Waals surface area (Å²) in [4.78, 5) is 12.4. The number of methoxy groups -OCH3 is 1. The fourth-order valence-corrected chi connectivity index (χ4v) is 4.96. The lowest BCUT2D eigenvalue weighted by Crippen LogP contribution is -2.26. The smallest absolute Gasteiger partial charge is 0.240 e. The predicted octanol–water partition coefficient (Wildman–Crippen LogP) is 3.04. The zero-order valence-corrected chi connectivity index (χ0v) is 20.9. The molecule has 35 heavy (non-hydrogen) atoms. The van der Waals surface area contributed by atoms with E-state index < -0.39 is 10.0 Å². The highest BCUT2D eigenvalue weighted by Crippen LogP contribution is 2.19. The highest BCUT2D eigenvalue weighted by Gasteiger charge is 2.15. The van der Waals surface area contributed by atoms with Gasteiger partial charge in [0.15, 0.2) is 11.5 Å². The van der Waals surface area contributed by atoms with Crippen LogP contribution < -0.4 is 14.8 Å². The van der Waals surface area contributed by atoms with E-state index >= 15 is 0 Å². The molecule has 0 spiro atoms. The maximum Gasteiger partial charge on any atom is 0.240 e. The number of benzene rings is 2. The van der Waals surface area contributed by atoms with Gasteiger partial charge in [-0.05, 0) is 54.6 Å². The summed E-state index contributed by atoms with van der Waals surface area (Å²) in [6, 6.07) is 16.5. The number of nitrogens with one attached hydrogen (secondary N) is 2. The number of nitrogens with zero attached hydrogens (tertiary/aromatic N) is 4. The molecule has 0 atom stereocenters. The zero-order chi connectivity index (χ0) is 24.8. The van der Waals surface area contributed by atoms with E-state index in [1.807, 2.05) is 0 Å². The molecule has 2 N–H and O–H groups in total. The van der Waals surface area contributed by atoms with Crippen molar-refractivity contribution in [2.75, 3.05) is 24.7 Å². The van der Waals surface area contributed by atoms with Gasteiger partial charge in [0.25, 0.3) is 0 Å². The number of rotatable bonds is 10. The SMILES string of the molecule is COc1ccc(S(=O)(=O)NCCc2nnc3ccc(SCC(=O)Nc4cccc(Cl)c4)nn23)cc1. The van der Waals surface area contributed by atoms with Crippen molar-refractivity contribution in [2.24, 2.45) is 0 Å². The van der Waals surface area contributed by atoms with Crippen LogP contribution in [0.15, 0.2) is 70.6 Å². The van der Waals surface area contributed by atoms with Crippen molar-refractivity contribution in [3.8, 4) is 5.75 Å². The Labute approximate surface area is 211 Å². The van der Waals surface area contributed by atoms with Gasteiger partial charge < -0.3 is 10.1 Å². The number of fused-ring (bicyclic) bond motifs is 1. The number of hydrogen-bond donors (Lipinski definition) is 2. The minimum atomic E-state index is -3.69. The van der Waals surface area contributed by atoms with Crippen LogP contribution in [0.1, 0.15) is 5.82 Å². The Morgan fingerprint density at radius 3 is 2.66 bits per heavy atom. The molecule has 1 amide bonds. The predicted molar refractivity (Wildman–Crippen MR) is 133 cm³/mol. The number of carbonyl (C=O) groups excluding carboxylic acids is 1. The average Bonchev–Trinajstić information content (AvgIpc) is 3.25. The number of halogens is 1. The number of thioether (sulfide) groups is 1. The summed E-state index contributed by atoms with van der Waals surface area (Å²) in [5.41, 5.74) is 1.13. The first-order valence-corrected chi connectivity index (χ1v) is 13.2. The minimum Gasteiger partial charge on any atom is -0.497 e. The second kappa shape index (κ2) is 11.0. The number of sulfonamides is 1. The highest BCUT2D eigenvalue weighted by atomic mass is 35.5. The molecule has 2 aromatic carbocycles. The molecular formula is C22H21ClN6O4S2. The number of anilines is 1. The van der Waals surface area contributed by atoms with E-state index in [1.165, 1.54) is 31.0 Å². The van der Waals surface area contributed by atoms with Crippen molar-refractivity contribution in [3.05, 3.63) is 71.5 Å². The van der Waals surface area contributed by atoms with E-state index in [0.29, 0.717) is 33.0 Å². The molecule has 2 heterocycles. The lowest BCUT2D eigenvalue weighted by atomic mass is 10.3. The van der Waals surface area contributed by atoms with Gasteiger partial charge >= 0.3 is 0 Å². The summed E-state index contributed by atoms with van der Waals surface area (Å²) in [5, 5.41) is 16.6. The quantitative estimate of drug-likeness (QED) is 0.298. The molecular weight excluding hydrogens is 512 g/mol. The molecule has 0 unspecified atom stereocenters. The number of aromatic nitrogens is 4. The Kier molecular flexibility index (Phi) is 7.86. The van der Waals surface area contributed by atoms with E-state index in [1.54, 1.807) is 53.0 Å². The number of ether oxygens (including phenoxy) is 1. The van der Waals surface area contributed by atoms with Crippen LogP contribution >= 0.6 is 23.4 Å². The van der Waals surface area contributed by atoms with Crippen LogP contribution in [-0.4, -0.2) is 53.5 Å². The van der Waals surface area contributed by atoms with Crippen molar-refractivity contribution in [1.82, 2.24) is 24.5 Å². The largest absolute Gasteiger partial charge is 0.497 e. The Morgan fingerprint density at radius 1 is 1.11 bits per heavy atom. The van der Waals surface area contributed by atoms with Gasteiger partial charge in [-0.1, -0.05) is 29.4 Å². The van der Waals surface area contributed by atoms with Crippen molar-refractivity contribution in [1.29, 1.82) is 0 Å². The van der Waals surface area contributed by atoms with E-state index in [2.05, 4.69) is 25.3 Å². The maximum absolute atomic E-state index is 12.5. The zero-order valence-electron chi connectivity index (χ0n) is 18.5. The monoisotopic (exact) mass is 532 g/mol. The van der Waals surface area contributed by atoms with Gasteiger partial charge in [-0.3, -0.25) is 4.79 Å². The minimum absolute atomic E-state index is 0.107. The lowest BCUT2D eigenvalue weighted by molar-refractivity contribution is -0.113. The molecule has 4 rings (SSSR count). The molecule has 0 radical (unpaired) electrons. The highest BCUT2D eigenvalue weighted by molar-refractivity contribution is 7.99. The summed E-state index contributed by atoms with van der Waals surface area (Å²) in [7, 11) is -2.17. The molecule has 0 aliphatic heterocycles. The standard InChI is InChI=1S/C22H21ClN6O4S2/c1-33-17-5-7-18(8-6-17)35(31,32)24-12-11-20-27-26-19-9-10-22(28-29(19)20)34-14-21(30)25-16-4-2-3-15(23)13-16/h2-10,13,24H,11-12,14H2,1H3,(H,25,30). The third-order valence-electron chi connectivity index (χ3n) is 4.77. The van der Waals surface area contributed by atoms with E-state index in [-0.39, 0.29) is 29.5 Å². The topological polar surface area (TPSA) is 128 Å². The van der Waals surface area contributed by atoms with Crippen LogP contribution in [0.3, 0.4) is 0 Å². The summed E-state index contributed by atoms with van der Waals surface area (Å²) in [6.45, 7) is 0.107. The molecule has 0 bridgehead atoms. The van der Waals surface area contributed by atoms with Gasteiger partial charge in [-0.25, -0.2) is 13.1 Å². The molecule has 182 valence electrons. The van der Waals surface area contributed by atoms with Crippen molar-refractivity contribution in [3.63, 3.8) is 0 Å². The molecule has 4 aromatic rings. The van der Waals surface area contributed by atoms with Gasteiger partial charge in [0.2, 0.25) is 15.9 Å². The van der Waals surface area contributed by atoms with Crippen LogP contribution in [0.5, 0.6) is 5.75 Å². The Bertz CT molecular complexity index is 1440. The second-order valence-corrected chi connectivity index (χ2v) is 10.4. The average molecular weight is 533 g/mol. The number of carbonyl (C=O) groups is 1. The van der Waals surface area contributed by atoms with Gasteiger partial charge in [0.05, 0.1) is 17.8 Å². The summed E-state index contributed by atoms with van der Waals surface area (Å²) in [5.74, 6) is 1.00. The summed E-state index contributed by atoms with van der Waals surface area (Å²) in [6.07, 6.45) is 0.271. The van der Waals surface area contributed by atoms with Crippen LogP contribution in [0.2, 0.25) is 5.02 Å². The molecule has 0 saturated heterocycles. The Morgan fingerprint density at radius 2 is 1.91 bits per heavy atom. The molecule has 0 fully saturated rings. The van der Waals surface area contributed by atoms with E-state index in [0.717, 1.165) is 0 Å². The fourth-order valence-electron chi connectivity index (χ4n) is 3.09. The van der Waals surface area contributed by atoms with Crippen LogP contribution in [0.4, 0.5) is 5.69 Å². The maximum atomic E-state index is 12.5. The Balaban J connectivity index is 1.35. The van der Waals surface area contributed by atoms with Crippen LogP contribution in [-0.2, 0) is 21.2 Å². The molecule has 0 aliphatic carbocycles. The fraction of sp³-hybridized carbons (Fsp3) is 0.182. The lowest BCUT2D eigenvalue weighted by Gasteiger charge is -2.07. The summed E-state index contributed by atoms with van der Waals surface area (Å²) >= 11 is 7.19. The molecule has 10 nitrogen and oxygen atoms in total. The molecule has 13 heteroatoms. The molecule has 0 aliphatic rings. The van der Waals surface area contributed by atoms with E-state index in [4.69, 9.17) is 16.3 Å². The molecule has 2 aromatic heterocycles. The first-order valence-electron chi connectivity index (χ1n) is 10.4. The number of hydrogen-bond acceptors (Lipinski definition) is 8. The van der Waals surface area contributed by atoms with Gasteiger partial charge in [0.1, 0.15) is 10.8 Å². The normalized spacial score (nSPS) is 11.5. The van der Waals surface area contributed by atoms with Crippen molar-refractivity contribution >= 4 is 50.6 Å². The Hall–Kier alpha value is -3.19. The van der Waals surface area contributed by atoms with Gasteiger partial charge in [0, 0.05) is 23.7 Å². The van der Waals surface area contributed by atoms with Crippen LogP contribution in [0.25, 0.3) is 5.65 Å². The third kappa shape index (κ3) is 6.48. The number of amides is 1. The van der Waals surface area contributed by atoms with Gasteiger partial charge in [-0.15, -0.1) is 10.2 Å². The van der Waals surface area contributed by atoms with Gasteiger partial charge in [-0.2, -0.15) is 9.61 Å². The van der Waals surface area contributed by atoms with E-state index in [9.17, 15) is 13.2 Å².